The normalized spacial score (nSPS) is 13.2. The molecule has 0 saturated heterocycles. The second-order valence-corrected chi connectivity index (χ2v) is 8.87. The number of anilines is 2. The minimum atomic E-state index is -0.345. The number of thiophene rings is 1. The van der Waals surface area contributed by atoms with E-state index in [2.05, 4.69) is 15.7 Å². The molecule has 6 nitrogen and oxygen atoms in total. The number of nitrogens with one attached hydrogen (secondary N) is 2. The lowest BCUT2D eigenvalue weighted by atomic mass is 10.1. The molecule has 2 heterocycles. The van der Waals surface area contributed by atoms with Crippen LogP contribution in [-0.4, -0.2) is 28.0 Å². The van der Waals surface area contributed by atoms with E-state index in [-0.39, 0.29) is 11.8 Å². The van der Waals surface area contributed by atoms with E-state index < -0.39 is 0 Å². The molecule has 31 heavy (non-hydrogen) atoms. The second kappa shape index (κ2) is 9.57. The minimum Gasteiger partial charge on any atom is -0.465 e. The van der Waals surface area contributed by atoms with Gasteiger partial charge in [-0.3, -0.25) is 4.68 Å². The highest BCUT2D eigenvalue weighted by Gasteiger charge is 2.25. The van der Waals surface area contributed by atoms with Crippen molar-refractivity contribution in [3.05, 3.63) is 64.0 Å². The number of carbonyl (C=O) groups excluding carboxylic acids is 1. The van der Waals surface area contributed by atoms with E-state index in [4.69, 9.17) is 17.0 Å². The number of ether oxygens (including phenoxy) is 1. The predicted molar refractivity (Wildman–Crippen MR) is 124 cm³/mol. The molecule has 9 heteroatoms. The predicted octanol–water partition coefficient (Wildman–Crippen LogP) is 5.00. The van der Waals surface area contributed by atoms with Crippen molar-refractivity contribution in [1.82, 2.24) is 9.78 Å². The summed E-state index contributed by atoms with van der Waals surface area (Å²) in [7, 11) is 1.40. The fraction of sp³-hybridized carbons (Fsp3) is 0.318. The molecule has 0 fully saturated rings. The Labute approximate surface area is 189 Å². The Morgan fingerprint density at radius 1 is 1.26 bits per heavy atom. The average molecular weight is 459 g/mol. The van der Waals surface area contributed by atoms with Crippen molar-refractivity contribution in [1.29, 1.82) is 0 Å². The number of esters is 1. The van der Waals surface area contributed by atoms with Gasteiger partial charge in [0.1, 0.15) is 10.8 Å². The van der Waals surface area contributed by atoms with E-state index in [1.165, 1.54) is 24.5 Å². The first-order valence-corrected chi connectivity index (χ1v) is 11.3. The highest BCUT2D eigenvalue weighted by Crippen LogP contribution is 2.38. The summed E-state index contributed by atoms with van der Waals surface area (Å²) in [5.41, 5.74) is 2.90. The van der Waals surface area contributed by atoms with Crippen molar-refractivity contribution in [3.8, 4) is 0 Å². The van der Waals surface area contributed by atoms with Crippen LogP contribution >= 0.6 is 23.6 Å². The van der Waals surface area contributed by atoms with E-state index in [0.29, 0.717) is 33.5 Å². The molecule has 0 spiro atoms. The van der Waals surface area contributed by atoms with Crippen molar-refractivity contribution < 1.29 is 13.9 Å². The number of fused-ring (bicyclic) bond motifs is 1. The van der Waals surface area contributed by atoms with Gasteiger partial charge in [0.15, 0.2) is 5.11 Å². The standard InChI is InChI=1S/C22H23FN4O2S2/c1-29-21(28)19-16-8-3-2-4-10-18(16)31-20(19)26-22(30)25-15-11-24-27(13-15)12-14-7-5-6-9-17(14)23/h5-7,9,11,13H,2-4,8,10,12H2,1H3,(H2,25,26,30). The molecule has 0 bridgehead atoms. The van der Waals surface area contributed by atoms with Crippen LogP contribution in [0.1, 0.15) is 45.6 Å². The van der Waals surface area contributed by atoms with Gasteiger partial charge in [-0.15, -0.1) is 11.3 Å². The summed E-state index contributed by atoms with van der Waals surface area (Å²) >= 11 is 7.03. The van der Waals surface area contributed by atoms with Gasteiger partial charge in [-0.1, -0.05) is 24.6 Å². The van der Waals surface area contributed by atoms with Crippen molar-refractivity contribution in [2.45, 2.75) is 38.6 Å². The molecule has 1 aromatic carbocycles. The topological polar surface area (TPSA) is 68.2 Å². The summed E-state index contributed by atoms with van der Waals surface area (Å²) in [6.07, 6.45) is 8.58. The Morgan fingerprint density at radius 2 is 2.06 bits per heavy atom. The third-order valence-electron chi connectivity index (χ3n) is 5.22. The number of thiocarbonyl (C=S) groups is 1. The van der Waals surface area contributed by atoms with Gasteiger partial charge in [-0.25, -0.2) is 9.18 Å². The van der Waals surface area contributed by atoms with E-state index in [9.17, 15) is 9.18 Å². The monoisotopic (exact) mass is 458 g/mol. The maximum atomic E-state index is 13.9. The first-order chi connectivity index (χ1) is 15.0. The Kier molecular flexibility index (Phi) is 6.62. The molecule has 0 aliphatic heterocycles. The highest BCUT2D eigenvalue weighted by atomic mass is 32.1. The second-order valence-electron chi connectivity index (χ2n) is 7.36. The van der Waals surface area contributed by atoms with E-state index in [0.717, 1.165) is 31.2 Å². The fourth-order valence-corrected chi connectivity index (χ4v) is 5.30. The molecule has 2 aromatic heterocycles. The zero-order valence-corrected chi connectivity index (χ0v) is 18.7. The molecular formula is C22H23FN4O2S2. The summed E-state index contributed by atoms with van der Waals surface area (Å²) in [6, 6.07) is 6.61. The molecule has 0 amide bonds. The summed E-state index contributed by atoms with van der Waals surface area (Å²) in [4.78, 5) is 13.7. The van der Waals surface area contributed by atoms with Crippen molar-refractivity contribution in [2.24, 2.45) is 0 Å². The molecule has 1 aliphatic rings. The van der Waals surface area contributed by atoms with E-state index in [1.54, 1.807) is 46.6 Å². The fourth-order valence-electron chi connectivity index (χ4n) is 3.73. The van der Waals surface area contributed by atoms with E-state index in [1.807, 2.05) is 0 Å². The zero-order valence-electron chi connectivity index (χ0n) is 17.1. The van der Waals surface area contributed by atoms with Crippen molar-refractivity contribution in [3.63, 3.8) is 0 Å². The largest absolute Gasteiger partial charge is 0.465 e. The number of aryl methyl sites for hydroxylation is 1. The Hall–Kier alpha value is -2.78. The average Bonchev–Trinajstić information content (AvgIpc) is 3.25. The third-order valence-corrected chi connectivity index (χ3v) is 6.63. The Morgan fingerprint density at radius 3 is 2.87 bits per heavy atom. The van der Waals surface area contributed by atoms with Crippen LogP contribution in [-0.2, 0) is 24.1 Å². The number of aromatic nitrogens is 2. The van der Waals surface area contributed by atoms with Crippen LogP contribution in [0.5, 0.6) is 0 Å². The van der Waals surface area contributed by atoms with Crippen LogP contribution in [0.3, 0.4) is 0 Å². The molecule has 1 aliphatic carbocycles. The van der Waals surface area contributed by atoms with Crippen LogP contribution < -0.4 is 10.6 Å². The van der Waals surface area contributed by atoms with Gasteiger partial charge in [0.2, 0.25) is 0 Å². The number of hydrogen-bond donors (Lipinski definition) is 2. The maximum absolute atomic E-state index is 13.9. The summed E-state index contributed by atoms with van der Waals surface area (Å²) in [5.74, 6) is -0.611. The van der Waals surface area contributed by atoms with E-state index >= 15 is 0 Å². The molecule has 4 rings (SSSR count). The number of halogens is 1. The molecule has 0 radical (unpaired) electrons. The van der Waals surface area contributed by atoms with Crippen molar-refractivity contribution >= 4 is 45.3 Å². The van der Waals surface area contributed by atoms with Crippen LogP contribution in [0.25, 0.3) is 0 Å². The number of rotatable bonds is 5. The Balaban J connectivity index is 1.46. The van der Waals surface area contributed by atoms with Crippen LogP contribution in [0, 0.1) is 5.82 Å². The van der Waals surface area contributed by atoms with Crippen molar-refractivity contribution in [2.75, 3.05) is 17.7 Å². The molecule has 0 saturated carbocycles. The summed E-state index contributed by atoms with van der Waals surface area (Å²) in [5, 5.41) is 11.6. The van der Waals surface area contributed by atoms with Crippen LogP contribution in [0.15, 0.2) is 36.7 Å². The first kappa shape index (κ1) is 21.5. The Bertz CT molecular complexity index is 1110. The summed E-state index contributed by atoms with van der Waals surface area (Å²) in [6.45, 7) is 0.318. The van der Waals surface area contributed by atoms with Crippen LogP contribution in [0.4, 0.5) is 15.1 Å². The lowest BCUT2D eigenvalue weighted by Gasteiger charge is -2.10. The van der Waals surface area contributed by atoms with Gasteiger partial charge in [-0.2, -0.15) is 5.10 Å². The maximum Gasteiger partial charge on any atom is 0.341 e. The highest BCUT2D eigenvalue weighted by molar-refractivity contribution is 7.80. The minimum absolute atomic E-state index is 0.266. The molecule has 3 aromatic rings. The number of methoxy groups -OCH3 is 1. The van der Waals surface area contributed by atoms with Gasteiger partial charge in [0.05, 0.1) is 31.1 Å². The van der Waals surface area contributed by atoms with Gasteiger partial charge >= 0.3 is 5.97 Å². The first-order valence-electron chi connectivity index (χ1n) is 10.1. The van der Waals surface area contributed by atoms with Gasteiger partial charge in [0.25, 0.3) is 0 Å². The molecule has 0 atom stereocenters. The van der Waals surface area contributed by atoms with Gasteiger partial charge < -0.3 is 15.4 Å². The SMILES string of the molecule is COC(=O)c1c(NC(=S)Nc2cnn(Cc3ccccc3F)c2)sc2c1CCCCC2. The van der Waals surface area contributed by atoms with Crippen LogP contribution in [0.2, 0.25) is 0 Å². The number of nitrogens with zero attached hydrogens (tertiary/aromatic N) is 2. The molecule has 2 N–H and O–H groups in total. The molecular weight excluding hydrogens is 435 g/mol. The lowest BCUT2D eigenvalue weighted by Crippen LogP contribution is -2.20. The molecule has 0 unspecified atom stereocenters. The lowest BCUT2D eigenvalue weighted by molar-refractivity contribution is 0.0601. The van der Waals surface area contributed by atoms with Gasteiger partial charge in [-0.05, 0) is 49.5 Å². The quantitative estimate of drug-likeness (QED) is 0.319. The number of carbonyl (C=O) groups is 1. The van der Waals surface area contributed by atoms with Gasteiger partial charge in [0, 0.05) is 16.6 Å². The smallest absolute Gasteiger partial charge is 0.341 e. The summed E-state index contributed by atoms with van der Waals surface area (Å²) < 4.78 is 20.5. The third kappa shape index (κ3) is 4.94. The number of hydrogen-bond acceptors (Lipinski definition) is 5. The molecule has 162 valence electrons. The number of benzene rings is 1. The zero-order chi connectivity index (χ0) is 21.8.